The van der Waals surface area contributed by atoms with Crippen LogP contribution in [0.2, 0.25) is 5.02 Å². The van der Waals surface area contributed by atoms with Crippen molar-refractivity contribution in [3.63, 3.8) is 0 Å². The molecule has 4 aromatic carbocycles. The summed E-state index contributed by atoms with van der Waals surface area (Å²) < 4.78 is 11.4. The van der Waals surface area contributed by atoms with Gasteiger partial charge in [-0.25, -0.2) is 0 Å². The van der Waals surface area contributed by atoms with Crippen molar-refractivity contribution in [3.05, 3.63) is 113 Å². The van der Waals surface area contributed by atoms with E-state index in [2.05, 4.69) is 11.4 Å². The first-order chi connectivity index (χ1) is 17.1. The fourth-order valence-corrected chi connectivity index (χ4v) is 4.80. The molecule has 0 amide bonds. The number of carbonyl (C=O) groups excluding carboxylic acids is 1. The molecule has 1 N–H and O–H groups in total. The van der Waals surface area contributed by atoms with Gasteiger partial charge in [-0.15, -0.1) is 0 Å². The summed E-state index contributed by atoms with van der Waals surface area (Å²) in [7, 11) is 1.60. The molecule has 0 aliphatic carbocycles. The van der Waals surface area contributed by atoms with E-state index in [1.165, 1.54) is 4.90 Å². The molecular weight excluding hydrogens is 478 g/mol. The lowest BCUT2D eigenvalue weighted by atomic mass is 10.1. The first kappa shape index (κ1) is 23.1. The van der Waals surface area contributed by atoms with Gasteiger partial charge in [-0.3, -0.25) is 4.79 Å². The van der Waals surface area contributed by atoms with Crippen molar-refractivity contribution in [2.75, 3.05) is 12.4 Å². The molecule has 4 nitrogen and oxygen atoms in total. The van der Waals surface area contributed by atoms with E-state index >= 15 is 0 Å². The van der Waals surface area contributed by atoms with Gasteiger partial charge in [0.2, 0.25) is 0 Å². The average Bonchev–Trinajstić information content (AvgIpc) is 2.90. The molecule has 0 saturated carbocycles. The zero-order valence-electron chi connectivity index (χ0n) is 19.0. The molecular formula is C29H22ClNO3S. The highest BCUT2D eigenvalue weighted by atomic mass is 35.5. The first-order valence-electron chi connectivity index (χ1n) is 11.0. The summed E-state index contributed by atoms with van der Waals surface area (Å²) in [6.45, 7) is 0.399. The lowest BCUT2D eigenvalue weighted by molar-refractivity contribution is 0.104. The fraction of sp³-hybridized carbons (Fsp3) is 0.0690. The van der Waals surface area contributed by atoms with Gasteiger partial charge in [0, 0.05) is 20.4 Å². The molecule has 0 radical (unpaired) electrons. The van der Waals surface area contributed by atoms with Gasteiger partial charge in [-0.2, -0.15) is 0 Å². The number of anilines is 2. The highest BCUT2D eigenvalue weighted by Crippen LogP contribution is 2.44. The highest BCUT2D eigenvalue weighted by molar-refractivity contribution is 7.99. The van der Waals surface area contributed by atoms with Crippen LogP contribution >= 0.6 is 23.4 Å². The third-order valence-electron chi connectivity index (χ3n) is 5.56. The number of benzene rings is 4. The summed E-state index contributed by atoms with van der Waals surface area (Å²) in [5.41, 5.74) is 4.47. The maximum absolute atomic E-state index is 12.9. The quantitative estimate of drug-likeness (QED) is 0.181. The molecule has 0 unspecified atom stereocenters. The predicted octanol–water partition coefficient (Wildman–Crippen LogP) is 8.03. The maximum atomic E-state index is 12.9. The van der Waals surface area contributed by atoms with E-state index in [0.29, 0.717) is 28.7 Å². The Labute approximate surface area is 213 Å². The number of carbonyl (C=O) groups is 1. The maximum Gasteiger partial charge on any atom is 0.185 e. The van der Waals surface area contributed by atoms with Gasteiger partial charge in [0.25, 0.3) is 0 Å². The average molecular weight is 500 g/mol. The zero-order chi connectivity index (χ0) is 24.2. The van der Waals surface area contributed by atoms with Crippen LogP contribution in [0.4, 0.5) is 11.4 Å². The van der Waals surface area contributed by atoms with E-state index < -0.39 is 0 Å². The molecule has 4 aromatic rings. The van der Waals surface area contributed by atoms with Crippen LogP contribution < -0.4 is 14.8 Å². The van der Waals surface area contributed by atoms with E-state index in [4.69, 9.17) is 21.1 Å². The molecule has 0 bridgehead atoms. The van der Waals surface area contributed by atoms with Crippen LogP contribution in [-0.4, -0.2) is 12.9 Å². The Hall–Kier alpha value is -3.67. The minimum atomic E-state index is -0.0690. The zero-order valence-corrected chi connectivity index (χ0v) is 20.5. The third-order valence-corrected chi connectivity index (χ3v) is 6.97. The number of nitrogens with one attached hydrogen (secondary N) is 1. The van der Waals surface area contributed by atoms with Crippen molar-refractivity contribution < 1.29 is 14.3 Å². The Balaban J connectivity index is 1.27. The van der Waals surface area contributed by atoms with Gasteiger partial charge in [0.1, 0.15) is 6.61 Å². The van der Waals surface area contributed by atoms with Crippen LogP contribution in [0.25, 0.3) is 6.08 Å². The van der Waals surface area contributed by atoms with Crippen molar-refractivity contribution in [2.24, 2.45) is 0 Å². The number of hydrogen-bond acceptors (Lipinski definition) is 5. The third kappa shape index (κ3) is 5.37. The van der Waals surface area contributed by atoms with Gasteiger partial charge >= 0.3 is 0 Å². The van der Waals surface area contributed by atoms with Gasteiger partial charge in [0.05, 0.1) is 18.5 Å². The van der Waals surface area contributed by atoms with E-state index in [9.17, 15) is 4.79 Å². The molecule has 6 heteroatoms. The standard InChI is InChI=1S/C29H22ClNO3S/c1-33-27-16-19(9-14-26(27)34-18-20-6-11-22(30)12-7-20)8-13-25(32)21-10-15-29-24(17-21)31-23-4-2-3-5-28(23)35-29/h2-17,31H,18H2,1H3/b13-8+. The van der Waals surface area contributed by atoms with Gasteiger partial charge in [-0.05, 0) is 71.8 Å². The molecule has 0 saturated heterocycles. The Morgan fingerprint density at radius 3 is 2.54 bits per heavy atom. The summed E-state index contributed by atoms with van der Waals surface area (Å²) in [6.07, 6.45) is 3.36. The Morgan fingerprint density at radius 1 is 0.914 bits per heavy atom. The van der Waals surface area contributed by atoms with Crippen molar-refractivity contribution in [2.45, 2.75) is 16.4 Å². The second kappa shape index (κ2) is 10.3. The van der Waals surface area contributed by atoms with E-state index in [1.807, 2.05) is 78.9 Å². The second-order valence-corrected chi connectivity index (χ2v) is 9.48. The lowest BCUT2D eigenvalue weighted by Crippen LogP contribution is -2.02. The number of para-hydroxylation sites is 1. The summed E-state index contributed by atoms with van der Waals surface area (Å²) in [6, 6.07) is 27.0. The van der Waals surface area contributed by atoms with Gasteiger partial charge in [0.15, 0.2) is 17.3 Å². The summed E-state index contributed by atoms with van der Waals surface area (Å²) >= 11 is 7.64. The number of fused-ring (bicyclic) bond motifs is 2. The van der Waals surface area contributed by atoms with Gasteiger partial charge in [-0.1, -0.05) is 59.8 Å². The number of ketones is 1. The topological polar surface area (TPSA) is 47.6 Å². The van der Waals surface area contributed by atoms with Crippen LogP contribution in [0, 0.1) is 0 Å². The highest BCUT2D eigenvalue weighted by Gasteiger charge is 2.16. The number of allylic oxidation sites excluding steroid dienone is 1. The summed E-state index contributed by atoms with van der Waals surface area (Å²) in [5.74, 6) is 1.16. The van der Waals surface area contributed by atoms with Crippen LogP contribution in [0.15, 0.2) is 101 Å². The number of ether oxygens (including phenoxy) is 2. The molecule has 0 aromatic heterocycles. The number of halogens is 1. The minimum Gasteiger partial charge on any atom is -0.493 e. The monoisotopic (exact) mass is 499 g/mol. The van der Waals surface area contributed by atoms with E-state index in [0.717, 1.165) is 27.4 Å². The molecule has 0 fully saturated rings. The van der Waals surface area contributed by atoms with Crippen LogP contribution in [0.5, 0.6) is 11.5 Å². The predicted molar refractivity (Wildman–Crippen MR) is 142 cm³/mol. The normalized spacial score (nSPS) is 11.9. The largest absolute Gasteiger partial charge is 0.493 e. The van der Waals surface area contributed by atoms with Crippen LogP contribution in [0.1, 0.15) is 21.5 Å². The van der Waals surface area contributed by atoms with Crippen molar-refractivity contribution in [1.82, 2.24) is 0 Å². The number of hydrogen-bond donors (Lipinski definition) is 1. The number of rotatable bonds is 7. The minimum absolute atomic E-state index is 0.0690. The number of methoxy groups -OCH3 is 1. The molecule has 5 rings (SSSR count). The lowest BCUT2D eigenvalue weighted by Gasteiger charge is -2.20. The Kier molecular flexibility index (Phi) is 6.80. The fourth-order valence-electron chi connectivity index (χ4n) is 3.71. The first-order valence-corrected chi connectivity index (χ1v) is 12.2. The van der Waals surface area contributed by atoms with Crippen molar-refractivity contribution in [1.29, 1.82) is 0 Å². The second-order valence-electron chi connectivity index (χ2n) is 7.96. The van der Waals surface area contributed by atoms with Crippen LogP contribution in [0.3, 0.4) is 0 Å². The smallest absolute Gasteiger partial charge is 0.185 e. The molecule has 1 aliphatic rings. The SMILES string of the molecule is COc1cc(/C=C/C(=O)c2ccc3c(c2)Nc2ccccc2S3)ccc1OCc1ccc(Cl)cc1. The van der Waals surface area contributed by atoms with E-state index in [-0.39, 0.29) is 5.78 Å². The molecule has 174 valence electrons. The molecule has 1 aliphatic heterocycles. The Bertz CT molecular complexity index is 1420. The summed E-state index contributed by atoms with van der Waals surface area (Å²) in [5, 5.41) is 4.11. The molecule has 0 atom stereocenters. The molecule has 35 heavy (non-hydrogen) atoms. The summed E-state index contributed by atoms with van der Waals surface area (Å²) in [4.78, 5) is 15.1. The molecule has 1 heterocycles. The van der Waals surface area contributed by atoms with Crippen molar-refractivity contribution in [3.8, 4) is 11.5 Å². The van der Waals surface area contributed by atoms with Gasteiger partial charge < -0.3 is 14.8 Å². The van der Waals surface area contributed by atoms with E-state index in [1.54, 1.807) is 31.0 Å². The molecule has 0 spiro atoms. The Morgan fingerprint density at radius 2 is 1.71 bits per heavy atom. The van der Waals surface area contributed by atoms with Crippen molar-refractivity contribution >= 4 is 46.6 Å². The van der Waals surface area contributed by atoms with Crippen LogP contribution in [-0.2, 0) is 6.61 Å².